The van der Waals surface area contributed by atoms with Crippen molar-refractivity contribution in [3.8, 4) is 5.75 Å². The molecule has 0 heterocycles. The molecule has 0 saturated carbocycles. The number of nitrogens with one attached hydrogen (secondary N) is 1. The number of carbonyl (C=O) groups excluding carboxylic acids is 3. The van der Waals surface area contributed by atoms with Crippen LogP contribution in [0.1, 0.15) is 22.8 Å². The molecule has 8 heteroatoms. The number of amides is 1. The lowest BCUT2D eigenvalue weighted by molar-refractivity contribution is -0.148. The fraction of sp³-hybridized carbons (Fsp3) is 0.190. The molecule has 0 saturated heterocycles. The van der Waals surface area contributed by atoms with Crippen molar-refractivity contribution in [2.24, 2.45) is 0 Å². The van der Waals surface area contributed by atoms with Crippen LogP contribution in [0.25, 0.3) is 6.08 Å². The van der Waals surface area contributed by atoms with Crippen LogP contribution in [-0.4, -0.2) is 38.2 Å². The van der Waals surface area contributed by atoms with Crippen molar-refractivity contribution in [1.82, 2.24) is 0 Å². The summed E-state index contributed by atoms with van der Waals surface area (Å²) >= 11 is 6.02. The highest BCUT2D eigenvalue weighted by molar-refractivity contribution is 6.32. The molecule has 2 aromatic rings. The van der Waals surface area contributed by atoms with Gasteiger partial charge in [-0.15, -0.1) is 0 Å². The Balaban J connectivity index is 1.90. The van der Waals surface area contributed by atoms with Crippen LogP contribution < -0.4 is 10.1 Å². The minimum absolute atomic E-state index is 0.344. The number of methoxy groups -OCH3 is 2. The van der Waals surface area contributed by atoms with Gasteiger partial charge in [0, 0.05) is 11.8 Å². The van der Waals surface area contributed by atoms with Crippen molar-refractivity contribution in [2.45, 2.75) is 13.0 Å². The Morgan fingerprint density at radius 1 is 1.07 bits per heavy atom. The molecule has 0 aliphatic heterocycles. The van der Waals surface area contributed by atoms with Gasteiger partial charge in [-0.05, 0) is 48.9 Å². The number of carbonyl (C=O) groups is 3. The molecule has 152 valence electrons. The molecule has 1 atom stereocenters. The van der Waals surface area contributed by atoms with E-state index >= 15 is 0 Å². The van der Waals surface area contributed by atoms with Crippen LogP contribution in [0.5, 0.6) is 5.75 Å². The van der Waals surface area contributed by atoms with Crippen LogP contribution in [0.2, 0.25) is 5.02 Å². The molecule has 29 heavy (non-hydrogen) atoms. The Kier molecular flexibility index (Phi) is 7.79. The van der Waals surface area contributed by atoms with Crippen molar-refractivity contribution in [1.29, 1.82) is 0 Å². The summed E-state index contributed by atoms with van der Waals surface area (Å²) < 4.78 is 14.8. The number of hydrogen-bond donors (Lipinski definition) is 1. The zero-order chi connectivity index (χ0) is 21.4. The monoisotopic (exact) mass is 417 g/mol. The molecule has 0 aliphatic rings. The lowest BCUT2D eigenvalue weighted by atomic mass is 10.1. The number of hydrogen-bond acceptors (Lipinski definition) is 6. The quantitative estimate of drug-likeness (QED) is 0.545. The first-order chi connectivity index (χ1) is 13.8. The van der Waals surface area contributed by atoms with Crippen molar-refractivity contribution < 1.29 is 28.6 Å². The van der Waals surface area contributed by atoms with E-state index in [2.05, 4.69) is 10.1 Å². The van der Waals surface area contributed by atoms with E-state index in [1.807, 2.05) is 0 Å². The number of halogens is 1. The average molecular weight is 418 g/mol. The van der Waals surface area contributed by atoms with Crippen molar-refractivity contribution >= 4 is 41.2 Å². The lowest BCUT2D eigenvalue weighted by Gasteiger charge is -2.13. The molecule has 2 aromatic carbocycles. The molecule has 0 aliphatic carbocycles. The fourth-order valence-corrected chi connectivity index (χ4v) is 2.53. The van der Waals surface area contributed by atoms with Gasteiger partial charge in [0.1, 0.15) is 5.75 Å². The Morgan fingerprint density at radius 3 is 2.34 bits per heavy atom. The standard InChI is InChI=1S/C21H20ClNO6/c1-13(20(25)23-16-9-10-18(27-2)17(22)12-16)29-19(24)11-6-14-4-7-15(8-5-14)21(26)28-3/h4-13H,1-3H3,(H,23,25)/b11-6+/t13-/m1/s1. The molecule has 0 fully saturated rings. The van der Waals surface area contributed by atoms with E-state index in [1.54, 1.807) is 36.4 Å². The third-order valence-corrected chi connectivity index (χ3v) is 4.12. The molecule has 2 rings (SSSR count). The summed E-state index contributed by atoms with van der Waals surface area (Å²) in [7, 11) is 2.79. The zero-order valence-corrected chi connectivity index (χ0v) is 16.9. The van der Waals surface area contributed by atoms with Gasteiger partial charge in [-0.1, -0.05) is 23.7 Å². The maximum absolute atomic E-state index is 12.2. The number of rotatable bonds is 7. The minimum Gasteiger partial charge on any atom is -0.495 e. The summed E-state index contributed by atoms with van der Waals surface area (Å²) in [6.07, 6.45) is 1.69. The molecular formula is C21H20ClNO6. The van der Waals surface area contributed by atoms with Crippen LogP contribution >= 0.6 is 11.6 Å². The number of anilines is 1. The molecule has 0 spiro atoms. The highest BCUT2D eigenvalue weighted by atomic mass is 35.5. The van der Waals surface area contributed by atoms with Crippen molar-refractivity contribution in [3.05, 3.63) is 64.7 Å². The third-order valence-electron chi connectivity index (χ3n) is 3.83. The summed E-state index contributed by atoms with van der Waals surface area (Å²) in [5.74, 6) is -1.15. The molecule has 0 radical (unpaired) electrons. The topological polar surface area (TPSA) is 90.9 Å². The van der Waals surface area contributed by atoms with Gasteiger partial charge in [0.15, 0.2) is 6.10 Å². The molecule has 0 bridgehead atoms. The van der Waals surface area contributed by atoms with E-state index in [0.717, 1.165) is 0 Å². The summed E-state index contributed by atoms with van der Waals surface area (Å²) in [5, 5.41) is 2.95. The van der Waals surface area contributed by atoms with Gasteiger partial charge < -0.3 is 19.5 Å². The predicted octanol–water partition coefficient (Wildman–Crippen LogP) is 3.72. The van der Waals surface area contributed by atoms with E-state index in [1.165, 1.54) is 39.4 Å². The Morgan fingerprint density at radius 2 is 1.76 bits per heavy atom. The smallest absolute Gasteiger partial charge is 0.337 e. The normalized spacial score (nSPS) is 11.6. The van der Waals surface area contributed by atoms with E-state index in [-0.39, 0.29) is 0 Å². The number of ether oxygens (including phenoxy) is 3. The van der Waals surface area contributed by atoms with Gasteiger partial charge >= 0.3 is 11.9 Å². The Hall–Kier alpha value is -3.32. The second-order valence-electron chi connectivity index (χ2n) is 5.86. The second-order valence-corrected chi connectivity index (χ2v) is 6.27. The van der Waals surface area contributed by atoms with Crippen LogP contribution in [-0.2, 0) is 19.1 Å². The Bertz CT molecular complexity index is 923. The summed E-state index contributed by atoms with van der Waals surface area (Å²) in [5.41, 5.74) is 1.53. The molecule has 0 aromatic heterocycles. The van der Waals surface area contributed by atoms with Crippen LogP contribution in [0.4, 0.5) is 5.69 Å². The Labute approximate surface area is 173 Å². The van der Waals surface area contributed by atoms with Crippen LogP contribution in [0, 0.1) is 0 Å². The van der Waals surface area contributed by atoms with E-state index in [9.17, 15) is 14.4 Å². The predicted molar refractivity (Wildman–Crippen MR) is 109 cm³/mol. The lowest BCUT2D eigenvalue weighted by Crippen LogP contribution is -2.29. The van der Waals surface area contributed by atoms with Gasteiger partial charge in [0.2, 0.25) is 0 Å². The summed E-state index contributed by atoms with van der Waals surface area (Å²) in [4.78, 5) is 35.5. The van der Waals surface area contributed by atoms with Crippen molar-refractivity contribution in [3.63, 3.8) is 0 Å². The van der Waals surface area contributed by atoms with Crippen LogP contribution in [0.15, 0.2) is 48.5 Å². The molecule has 7 nitrogen and oxygen atoms in total. The first-order valence-corrected chi connectivity index (χ1v) is 8.93. The third kappa shape index (κ3) is 6.36. The molecule has 1 N–H and O–H groups in total. The van der Waals surface area contributed by atoms with Gasteiger partial charge in [-0.25, -0.2) is 9.59 Å². The van der Waals surface area contributed by atoms with Gasteiger partial charge in [0.25, 0.3) is 5.91 Å². The minimum atomic E-state index is -1.02. The highest BCUT2D eigenvalue weighted by Gasteiger charge is 2.17. The fourth-order valence-electron chi connectivity index (χ4n) is 2.27. The van der Waals surface area contributed by atoms with Gasteiger partial charge in [0.05, 0.1) is 24.8 Å². The first-order valence-electron chi connectivity index (χ1n) is 8.55. The van der Waals surface area contributed by atoms with Gasteiger partial charge in [-0.3, -0.25) is 4.79 Å². The largest absolute Gasteiger partial charge is 0.495 e. The average Bonchev–Trinajstić information content (AvgIpc) is 2.72. The second kappa shape index (κ2) is 10.3. The maximum atomic E-state index is 12.2. The van der Waals surface area contributed by atoms with E-state index in [0.29, 0.717) is 27.6 Å². The summed E-state index contributed by atoms with van der Waals surface area (Å²) in [6.45, 7) is 1.46. The molecular weight excluding hydrogens is 398 g/mol. The number of benzene rings is 2. The van der Waals surface area contributed by atoms with Crippen LogP contribution in [0.3, 0.4) is 0 Å². The molecule has 0 unspecified atom stereocenters. The zero-order valence-electron chi connectivity index (χ0n) is 16.1. The van der Waals surface area contributed by atoms with E-state index in [4.69, 9.17) is 21.1 Å². The first kappa shape index (κ1) is 22.0. The number of esters is 2. The van der Waals surface area contributed by atoms with Crippen molar-refractivity contribution in [2.75, 3.05) is 19.5 Å². The van der Waals surface area contributed by atoms with Gasteiger partial charge in [-0.2, -0.15) is 0 Å². The molecule has 1 amide bonds. The SMILES string of the molecule is COC(=O)c1ccc(/C=C/C(=O)O[C@H](C)C(=O)Nc2ccc(OC)c(Cl)c2)cc1. The van der Waals surface area contributed by atoms with E-state index < -0.39 is 23.9 Å². The maximum Gasteiger partial charge on any atom is 0.337 e. The highest BCUT2D eigenvalue weighted by Crippen LogP contribution is 2.27. The summed E-state index contributed by atoms with van der Waals surface area (Å²) in [6, 6.07) is 11.2.